The van der Waals surface area contributed by atoms with Crippen LogP contribution in [0.1, 0.15) is 5.56 Å². The number of benzene rings is 2. The van der Waals surface area contributed by atoms with E-state index in [-0.39, 0.29) is 28.9 Å². The second kappa shape index (κ2) is 9.61. The van der Waals surface area contributed by atoms with Gasteiger partial charge in [-0.05, 0) is 29.8 Å². The van der Waals surface area contributed by atoms with Gasteiger partial charge in [0.1, 0.15) is 17.9 Å². The first-order chi connectivity index (χ1) is 18.6. The number of halogens is 4. The predicted molar refractivity (Wildman–Crippen MR) is 140 cm³/mol. The maximum absolute atomic E-state index is 14.7. The number of aromatic nitrogens is 2. The number of hydrogen-bond acceptors (Lipinski definition) is 7. The van der Waals surface area contributed by atoms with Crippen LogP contribution in [-0.2, 0) is 17.5 Å². The van der Waals surface area contributed by atoms with Gasteiger partial charge in [-0.3, -0.25) is 9.47 Å². The quantitative estimate of drug-likeness (QED) is 0.381. The van der Waals surface area contributed by atoms with Gasteiger partial charge in [0.25, 0.3) is 0 Å². The Kier molecular flexibility index (Phi) is 6.48. The zero-order valence-corrected chi connectivity index (χ0v) is 21.7. The number of ether oxygens (including phenoxy) is 1. The Balaban J connectivity index is 1.60. The number of anilines is 1. The number of piperazine rings is 1. The van der Waals surface area contributed by atoms with E-state index in [1.165, 1.54) is 34.5 Å². The molecule has 0 aliphatic carbocycles. The lowest BCUT2D eigenvalue weighted by atomic mass is 9.88. The van der Waals surface area contributed by atoms with E-state index in [4.69, 9.17) is 4.74 Å². The molecule has 0 bridgehead atoms. The number of alkyl halides is 3. The van der Waals surface area contributed by atoms with Crippen LogP contribution in [0.3, 0.4) is 0 Å². The normalized spacial score (nSPS) is 20.1. The Morgan fingerprint density at radius 1 is 1.15 bits per heavy atom. The molecule has 2 saturated heterocycles. The molecule has 6 rings (SSSR count). The molecule has 7 nitrogen and oxygen atoms in total. The number of nitrogens with zero attached hydrogens (tertiary/aromatic N) is 4. The van der Waals surface area contributed by atoms with Crippen molar-refractivity contribution in [2.75, 3.05) is 50.0 Å². The Hall–Kier alpha value is -2.93. The lowest BCUT2D eigenvalue weighted by molar-refractivity contribution is -0.137. The number of aliphatic hydroxyl groups is 1. The molecule has 39 heavy (non-hydrogen) atoms. The third-order valence-corrected chi connectivity index (χ3v) is 9.11. The SMILES string of the molecule is C=CC(O)N1CCN(c2nc(=O)n3c4c(c(-c5ccc(F)cc5)c(C(F)(F)F)cc24)SCC2(COC2)C3)CC1. The predicted octanol–water partition coefficient (Wildman–Crippen LogP) is 3.97. The van der Waals surface area contributed by atoms with E-state index in [2.05, 4.69) is 11.6 Å². The van der Waals surface area contributed by atoms with Crippen molar-refractivity contribution in [3.8, 4) is 11.1 Å². The maximum atomic E-state index is 14.7. The fraction of sp³-hybridized carbons (Fsp3) is 0.407. The minimum absolute atomic E-state index is 0.0680. The topological polar surface area (TPSA) is 70.8 Å². The average molecular weight is 563 g/mol. The Morgan fingerprint density at radius 2 is 1.85 bits per heavy atom. The van der Waals surface area contributed by atoms with Gasteiger partial charge in [0.05, 0.1) is 24.3 Å². The minimum Gasteiger partial charge on any atom is -0.380 e. The minimum atomic E-state index is -4.72. The van der Waals surface area contributed by atoms with Crippen molar-refractivity contribution < 1.29 is 27.4 Å². The summed E-state index contributed by atoms with van der Waals surface area (Å²) in [5.41, 5.74) is -1.24. The van der Waals surface area contributed by atoms with E-state index >= 15 is 0 Å². The molecule has 3 aliphatic rings. The van der Waals surface area contributed by atoms with Crippen molar-refractivity contribution in [3.63, 3.8) is 0 Å². The summed E-state index contributed by atoms with van der Waals surface area (Å²) in [6.45, 7) is 6.23. The third-order valence-electron chi connectivity index (χ3n) is 7.67. The standard InChI is InChI=1S/C27H26F4N4O3S/c1-2-20(36)33-7-9-34(10-8-33)24-18-11-19(27(29,30)31)21(16-3-5-17(28)6-4-16)23-22(18)35(25(37)32-24)12-26(15-39-23)13-38-14-26/h2-6,11,20,36H,1,7-10,12-15H2. The van der Waals surface area contributed by atoms with Crippen LogP contribution < -0.4 is 10.6 Å². The van der Waals surface area contributed by atoms with E-state index in [1.54, 1.807) is 9.80 Å². The molecular weight excluding hydrogens is 536 g/mol. The van der Waals surface area contributed by atoms with Crippen LogP contribution >= 0.6 is 11.8 Å². The van der Waals surface area contributed by atoms with Crippen molar-refractivity contribution in [2.45, 2.75) is 23.8 Å². The molecule has 0 radical (unpaired) electrons. The summed E-state index contributed by atoms with van der Waals surface area (Å²) in [6, 6.07) is 6.03. The Bertz CT molecular complexity index is 1500. The summed E-state index contributed by atoms with van der Waals surface area (Å²) in [7, 11) is 0. The fourth-order valence-electron chi connectivity index (χ4n) is 5.57. The van der Waals surface area contributed by atoms with Crippen LogP contribution in [0.4, 0.5) is 23.4 Å². The van der Waals surface area contributed by atoms with Crippen LogP contribution in [0.2, 0.25) is 0 Å². The summed E-state index contributed by atoms with van der Waals surface area (Å²) in [6.07, 6.45) is -4.14. The molecule has 4 heterocycles. The highest BCUT2D eigenvalue weighted by molar-refractivity contribution is 7.99. The zero-order chi connectivity index (χ0) is 27.5. The second-order valence-electron chi connectivity index (χ2n) is 10.3. The van der Waals surface area contributed by atoms with Crippen molar-refractivity contribution in [1.82, 2.24) is 14.5 Å². The highest BCUT2D eigenvalue weighted by Gasteiger charge is 2.44. The summed E-state index contributed by atoms with van der Waals surface area (Å²) in [5, 5.41) is 10.4. The first-order valence-corrected chi connectivity index (χ1v) is 13.5. The van der Waals surface area contributed by atoms with E-state index in [0.717, 1.165) is 18.2 Å². The molecule has 1 N–H and O–H groups in total. The summed E-state index contributed by atoms with van der Waals surface area (Å²) < 4.78 is 64.8. The van der Waals surface area contributed by atoms with Gasteiger partial charge >= 0.3 is 11.9 Å². The van der Waals surface area contributed by atoms with Crippen molar-refractivity contribution in [1.29, 1.82) is 0 Å². The number of aliphatic hydroxyl groups excluding tert-OH is 1. The van der Waals surface area contributed by atoms with Gasteiger partial charge in [-0.15, -0.1) is 11.8 Å². The van der Waals surface area contributed by atoms with Crippen LogP contribution in [0.25, 0.3) is 22.0 Å². The molecule has 12 heteroatoms. The first kappa shape index (κ1) is 26.3. The highest BCUT2D eigenvalue weighted by Crippen LogP contribution is 2.50. The smallest absolute Gasteiger partial charge is 0.380 e. The van der Waals surface area contributed by atoms with Crippen molar-refractivity contribution in [3.05, 3.63) is 64.9 Å². The van der Waals surface area contributed by atoms with Crippen LogP contribution in [-0.4, -0.2) is 70.9 Å². The second-order valence-corrected chi connectivity index (χ2v) is 11.3. The van der Waals surface area contributed by atoms with Gasteiger partial charge in [0.15, 0.2) is 0 Å². The molecule has 1 unspecified atom stereocenters. The molecule has 0 saturated carbocycles. The maximum Gasteiger partial charge on any atom is 0.417 e. The largest absolute Gasteiger partial charge is 0.417 e. The van der Waals surface area contributed by atoms with Gasteiger partial charge in [0, 0.05) is 59.7 Å². The van der Waals surface area contributed by atoms with Crippen molar-refractivity contribution >= 4 is 28.5 Å². The van der Waals surface area contributed by atoms with Gasteiger partial charge in [-0.2, -0.15) is 18.2 Å². The molecule has 1 aromatic heterocycles. The molecule has 1 spiro atoms. The average Bonchev–Trinajstić information content (AvgIpc) is 3.09. The van der Waals surface area contributed by atoms with Crippen LogP contribution in [0.15, 0.2) is 52.7 Å². The number of thioether (sulfide) groups is 1. The lowest BCUT2D eigenvalue weighted by Crippen LogP contribution is -2.51. The lowest BCUT2D eigenvalue weighted by Gasteiger charge is -2.40. The van der Waals surface area contributed by atoms with Gasteiger partial charge in [-0.25, -0.2) is 9.18 Å². The first-order valence-electron chi connectivity index (χ1n) is 12.6. The fourth-order valence-corrected chi connectivity index (χ4v) is 7.00. The Labute approximate surface area is 225 Å². The molecule has 1 atom stereocenters. The summed E-state index contributed by atoms with van der Waals surface area (Å²) in [5.74, 6) is 0.103. The van der Waals surface area contributed by atoms with E-state index in [0.29, 0.717) is 55.6 Å². The van der Waals surface area contributed by atoms with Gasteiger partial charge in [-0.1, -0.05) is 18.7 Å². The van der Waals surface area contributed by atoms with E-state index < -0.39 is 34.9 Å². The number of rotatable bonds is 4. The molecule has 3 aromatic rings. The molecular formula is C27H26F4N4O3S. The zero-order valence-electron chi connectivity index (χ0n) is 20.9. The molecule has 2 fully saturated rings. The van der Waals surface area contributed by atoms with Crippen LogP contribution in [0, 0.1) is 11.2 Å². The third kappa shape index (κ3) is 4.52. The van der Waals surface area contributed by atoms with Crippen LogP contribution in [0.5, 0.6) is 0 Å². The summed E-state index contributed by atoms with van der Waals surface area (Å²) in [4.78, 5) is 21.8. The molecule has 0 amide bonds. The van der Waals surface area contributed by atoms with Gasteiger partial charge < -0.3 is 14.7 Å². The van der Waals surface area contributed by atoms with Gasteiger partial charge in [0.2, 0.25) is 0 Å². The molecule has 2 aromatic carbocycles. The number of hydrogen-bond donors (Lipinski definition) is 1. The molecule has 206 valence electrons. The van der Waals surface area contributed by atoms with E-state index in [9.17, 15) is 27.5 Å². The van der Waals surface area contributed by atoms with E-state index in [1.807, 2.05) is 0 Å². The monoisotopic (exact) mass is 562 g/mol. The molecule has 3 aliphatic heterocycles. The Morgan fingerprint density at radius 3 is 2.44 bits per heavy atom. The summed E-state index contributed by atoms with van der Waals surface area (Å²) >= 11 is 1.28. The highest BCUT2D eigenvalue weighted by atomic mass is 32.2. The van der Waals surface area contributed by atoms with Crippen molar-refractivity contribution in [2.24, 2.45) is 5.41 Å².